The first-order chi connectivity index (χ1) is 16.5. The number of anilines is 1. The highest BCUT2D eigenvalue weighted by Gasteiger charge is 2.44. The van der Waals surface area contributed by atoms with Gasteiger partial charge in [0.05, 0.1) is 37.6 Å². The summed E-state index contributed by atoms with van der Waals surface area (Å²) < 4.78 is 16.3. The van der Waals surface area contributed by atoms with Crippen LogP contribution in [-0.2, 0) is 23.8 Å². The van der Waals surface area contributed by atoms with Crippen molar-refractivity contribution >= 4 is 29.3 Å². The van der Waals surface area contributed by atoms with Gasteiger partial charge in [0.1, 0.15) is 6.04 Å². The molecular formula is C23H32N4O7. The number of carbonyl (C=O) groups excluding carboxylic acids is 4. The van der Waals surface area contributed by atoms with Gasteiger partial charge in [0.25, 0.3) is 11.8 Å². The van der Waals surface area contributed by atoms with E-state index in [4.69, 9.17) is 19.9 Å². The number of ether oxygens (including phenoxy) is 3. The number of carbonyl (C=O) groups is 4. The molecule has 0 aliphatic carbocycles. The van der Waals surface area contributed by atoms with Gasteiger partial charge >= 0.3 is 0 Å². The van der Waals surface area contributed by atoms with Crippen LogP contribution < -0.4 is 16.4 Å². The van der Waals surface area contributed by atoms with Crippen LogP contribution in [0.2, 0.25) is 0 Å². The van der Waals surface area contributed by atoms with Crippen molar-refractivity contribution in [1.82, 2.24) is 10.2 Å². The highest BCUT2D eigenvalue weighted by molar-refractivity contribution is 6.23. The summed E-state index contributed by atoms with van der Waals surface area (Å²) in [7, 11) is 0. The predicted molar refractivity (Wildman–Crippen MR) is 122 cm³/mol. The Morgan fingerprint density at radius 2 is 1.56 bits per heavy atom. The van der Waals surface area contributed by atoms with Gasteiger partial charge in [0.15, 0.2) is 0 Å². The lowest BCUT2D eigenvalue weighted by atomic mass is 10.0. The number of piperidine rings is 1. The Bertz CT molecular complexity index is 892. The minimum Gasteiger partial charge on any atom is -0.385 e. The van der Waals surface area contributed by atoms with E-state index in [9.17, 15) is 19.2 Å². The summed E-state index contributed by atoms with van der Waals surface area (Å²) in [6, 6.07) is 3.96. The van der Waals surface area contributed by atoms with Crippen molar-refractivity contribution in [2.24, 2.45) is 5.73 Å². The number of nitrogens with one attached hydrogen (secondary N) is 2. The average molecular weight is 477 g/mol. The number of hydrogen-bond donors (Lipinski definition) is 3. The van der Waals surface area contributed by atoms with Crippen LogP contribution in [-0.4, -0.2) is 87.3 Å². The summed E-state index contributed by atoms with van der Waals surface area (Å²) in [5, 5.41) is 5.40. The lowest BCUT2D eigenvalue weighted by Crippen LogP contribution is -2.54. The molecule has 0 radical (unpaired) electrons. The molecule has 2 aliphatic heterocycles. The average Bonchev–Trinajstić information content (AvgIpc) is 3.06. The maximum atomic E-state index is 12.8. The van der Waals surface area contributed by atoms with Crippen LogP contribution in [0.3, 0.4) is 0 Å². The monoisotopic (exact) mass is 476 g/mol. The standard InChI is InChI=1S/C23H32N4O7/c24-7-1-9-32-11-13-34-14-12-33-10-2-8-25-16-3-4-17-18(15-16)23(31)27(22(17)30)19-5-6-20(28)26-21(19)29/h3-4,15,19,25H,1-2,5-14,24H2,(H,26,28,29). The molecule has 1 aromatic carbocycles. The third-order valence-electron chi connectivity index (χ3n) is 5.47. The molecule has 1 saturated heterocycles. The van der Waals surface area contributed by atoms with Gasteiger partial charge in [0.2, 0.25) is 11.8 Å². The fourth-order valence-electron chi connectivity index (χ4n) is 3.72. The Balaban J connectivity index is 1.34. The zero-order valence-corrected chi connectivity index (χ0v) is 19.2. The zero-order chi connectivity index (χ0) is 24.3. The Morgan fingerprint density at radius 3 is 2.24 bits per heavy atom. The van der Waals surface area contributed by atoms with E-state index >= 15 is 0 Å². The SMILES string of the molecule is NCCCOCCOCCOCCCNc1ccc2c(c1)C(=O)N(C1CCC(=O)NC1=O)C2=O. The van der Waals surface area contributed by atoms with Crippen molar-refractivity contribution in [2.75, 3.05) is 58.0 Å². The lowest BCUT2D eigenvalue weighted by Gasteiger charge is -2.27. The minimum atomic E-state index is -0.966. The highest BCUT2D eigenvalue weighted by Crippen LogP contribution is 2.29. The van der Waals surface area contributed by atoms with Crippen LogP contribution in [0.25, 0.3) is 0 Å². The largest absolute Gasteiger partial charge is 0.385 e. The van der Waals surface area contributed by atoms with E-state index in [0.717, 1.165) is 17.7 Å². The molecular weight excluding hydrogens is 444 g/mol. The van der Waals surface area contributed by atoms with E-state index < -0.39 is 29.7 Å². The van der Waals surface area contributed by atoms with E-state index in [1.807, 2.05) is 0 Å². The smallest absolute Gasteiger partial charge is 0.262 e. The molecule has 11 heteroatoms. The normalized spacial score (nSPS) is 17.8. The lowest BCUT2D eigenvalue weighted by molar-refractivity contribution is -0.136. The van der Waals surface area contributed by atoms with E-state index in [0.29, 0.717) is 58.4 Å². The Hall–Kier alpha value is -2.86. The number of rotatable bonds is 15. The van der Waals surface area contributed by atoms with Gasteiger partial charge in [-0.25, -0.2) is 0 Å². The quantitative estimate of drug-likeness (QED) is 0.240. The summed E-state index contributed by atoms with van der Waals surface area (Å²) in [5.41, 5.74) is 6.59. The number of nitrogens with two attached hydrogens (primary N) is 1. The van der Waals surface area contributed by atoms with Crippen molar-refractivity contribution < 1.29 is 33.4 Å². The third kappa shape index (κ3) is 6.83. The summed E-state index contributed by atoms with van der Waals surface area (Å²) >= 11 is 0. The second-order valence-corrected chi connectivity index (χ2v) is 7.97. The molecule has 11 nitrogen and oxygen atoms in total. The predicted octanol–water partition coefficient (Wildman–Crippen LogP) is 0.288. The van der Waals surface area contributed by atoms with Crippen LogP contribution >= 0.6 is 0 Å². The van der Waals surface area contributed by atoms with Gasteiger partial charge < -0.3 is 25.3 Å². The second kappa shape index (κ2) is 13.1. The van der Waals surface area contributed by atoms with Crippen molar-refractivity contribution in [1.29, 1.82) is 0 Å². The molecule has 2 heterocycles. The molecule has 0 bridgehead atoms. The van der Waals surface area contributed by atoms with Gasteiger partial charge in [-0.1, -0.05) is 0 Å². The number of imide groups is 2. The number of hydrogen-bond acceptors (Lipinski definition) is 9. The van der Waals surface area contributed by atoms with Crippen molar-refractivity contribution in [2.45, 2.75) is 31.7 Å². The Kier molecular flexibility index (Phi) is 9.95. The molecule has 3 rings (SSSR count). The van der Waals surface area contributed by atoms with Gasteiger partial charge in [-0.3, -0.25) is 29.4 Å². The molecule has 2 aliphatic rings. The van der Waals surface area contributed by atoms with Crippen LogP contribution in [0.1, 0.15) is 46.4 Å². The molecule has 1 fully saturated rings. The van der Waals surface area contributed by atoms with E-state index in [-0.39, 0.29) is 24.0 Å². The molecule has 1 aromatic rings. The molecule has 0 saturated carbocycles. The number of fused-ring (bicyclic) bond motifs is 1. The topological polar surface area (TPSA) is 149 Å². The fourth-order valence-corrected chi connectivity index (χ4v) is 3.72. The molecule has 4 amide bonds. The summed E-state index contributed by atoms with van der Waals surface area (Å²) in [6.07, 6.45) is 1.82. The van der Waals surface area contributed by atoms with Gasteiger partial charge in [-0.2, -0.15) is 0 Å². The van der Waals surface area contributed by atoms with Gasteiger partial charge in [-0.05, 0) is 44.0 Å². The van der Waals surface area contributed by atoms with E-state index in [1.165, 1.54) is 0 Å². The zero-order valence-electron chi connectivity index (χ0n) is 19.2. The van der Waals surface area contributed by atoms with E-state index in [1.54, 1.807) is 18.2 Å². The maximum Gasteiger partial charge on any atom is 0.262 e. The molecule has 1 unspecified atom stereocenters. The minimum absolute atomic E-state index is 0.0917. The summed E-state index contributed by atoms with van der Waals surface area (Å²) in [4.78, 5) is 50.0. The third-order valence-corrected chi connectivity index (χ3v) is 5.47. The summed E-state index contributed by atoms with van der Waals surface area (Å²) in [5.74, 6) is -2.06. The van der Waals surface area contributed by atoms with Crippen molar-refractivity contribution in [3.05, 3.63) is 29.3 Å². The second-order valence-electron chi connectivity index (χ2n) is 7.97. The van der Waals surface area contributed by atoms with Gasteiger partial charge in [-0.15, -0.1) is 0 Å². The molecule has 0 aromatic heterocycles. The first kappa shape index (κ1) is 25.8. The maximum absolute atomic E-state index is 12.8. The number of nitrogens with zero attached hydrogens (tertiary/aromatic N) is 1. The first-order valence-corrected chi connectivity index (χ1v) is 11.6. The van der Waals surface area contributed by atoms with Crippen molar-refractivity contribution in [3.63, 3.8) is 0 Å². The fraction of sp³-hybridized carbons (Fsp3) is 0.565. The van der Waals surface area contributed by atoms with Crippen LogP contribution in [0, 0.1) is 0 Å². The van der Waals surface area contributed by atoms with Gasteiger partial charge in [0, 0.05) is 31.9 Å². The summed E-state index contributed by atoms with van der Waals surface area (Å²) in [6.45, 7) is 4.50. The Morgan fingerprint density at radius 1 is 0.912 bits per heavy atom. The molecule has 34 heavy (non-hydrogen) atoms. The van der Waals surface area contributed by atoms with Crippen LogP contribution in [0.15, 0.2) is 18.2 Å². The van der Waals surface area contributed by atoms with Crippen LogP contribution in [0.5, 0.6) is 0 Å². The van der Waals surface area contributed by atoms with E-state index in [2.05, 4.69) is 10.6 Å². The molecule has 4 N–H and O–H groups in total. The molecule has 1 atom stereocenters. The van der Waals surface area contributed by atoms with Crippen LogP contribution in [0.4, 0.5) is 5.69 Å². The molecule has 186 valence electrons. The number of benzene rings is 1. The highest BCUT2D eigenvalue weighted by atomic mass is 16.5. The molecule has 0 spiro atoms. The van der Waals surface area contributed by atoms with Crippen molar-refractivity contribution in [3.8, 4) is 0 Å². The number of amides is 4. The first-order valence-electron chi connectivity index (χ1n) is 11.6. The Labute approximate surface area is 198 Å².